The number of rotatable bonds is 8. The normalized spacial score (nSPS) is 24.8. The average Bonchev–Trinajstić information content (AvgIpc) is 3.14. The molecular formula is C30H43N5O4. The van der Waals surface area contributed by atoms with Gasteiger partial charge in [-0.2, -0.15) is 0 Å². The number of amides is 2. The van der Waals surface area contributed by atoms with Crippen molar-refractivity contribution in [3.05, 3.63) is 46.2 Å². The highest BCUT2D eigenvalue weighted by Gasteiger charge is 2.42. The fourth-order valence-corrected chi connectivity index (χ4v) is 6.89. The smallest absolute Gasteiger partial charge is 0.264 e. The summed E-state index contributed by atoms with van der Waals surface area (Å²) in [7, 11) is 1.79. The van der Waals surface area contributed by atoms with Crippen molar-refractivity contribution in [3.63, 3.8) is 0 Å². The van der Waals surface area contributed by atoms with Crippen molar-refractivity contribution in [2.24, 2.45) is 0 Å². The summed E-state index contributed by atoms with van der Waals surface area (Å²) >= 11 is 0. The zero-order chi connectivity index (χ0) is 27.7. The summed E-state index contributed by atoms with van der Waals surface area (Å²) < 4.78 is 7.64. The number of pyridine rings is 1. The van der Waals surface area contributed by atoms with Crippen molar-refractivity contribution in [1.82, 2.24) is 24.6 Å². The van der Waals surface area contributed by atoms with Gasteiger partial charge < -0.3 is 19.5 Å². The van der Waals surface area contributed by atoms with E-state index in [1.807, 2.05) is 43.0 Å². The summed E-state index contributed by atoms with van der Waals surface area (Å²) in [6.45, 7) is 10.7. The summed E-state index contributed by atoms with van der Waals surface area (Å²) in [4.78, 5) is 45.3. The van der Waals surface area contributed by atoms with Crippen molar-refractivity contribution < 1.29 is 14.3 Å². The molecule has 1 N–H and O–H groups in total. The molecule has 4 heterocycles. The maximum absolute atomic E-state index is 13.4. The van der Waals surface area contributed by atoms with Crippen molar-refractivity contribution >= 4 is 22.7 Å². The highest BCUT2D eigenvalue weighted by Crippen LogP contribution is 2.36. The molecule has 2 bridgehead atoms. The van der Waals surface area contributed by atoms with Gasteiger partial charge in [-0.05, 0) is 57.0 Å². The molecule has 0 spiro atoms. The minimum absolute atomic E-state index is 0.0408. The van der Waals surface area contributed by atoms with E-state index in [0.717, 1.165) is 75.9 Å². The number of piperazine rings is 1. The van der Waals surface area contributed by atoms with Gasteiger partial charge in [-0.25, -0.2) is 0 Å². The van der Waals surface area contributed by atoms with E-state index in [-0.39, 0.29) is 41.1 Å². The van der Waals surface area contributed by atoms with Gasteiger partial charge in [0.1, 0.15) is 5.56 Å². The molecule has 9 nitrogen and oxygen atoms in total. The Morgan fingerprint density at radius 3 is 2.31 bits per heavy atom. The number of hydrogen-bond acceptors (Lipinski definition) is 6. The van der Waals surface area contributed by atoms with Crippen LogP contribution in [0.25, 0.3) is 10.9 Å². The molecule has 2 amide bonds. The average molecular weight is 538 g/mol. The molecule has 1 aromatic heterocycles. The first kappa shape index (κ1) is 27.8. The van der Waals surface area contributed by atoms with Crippen LogP contribution in [0.5, 0.6) is 0 Å². The fraction of sp³-hybridized carbons (Fsp3) is 0.633. The molecule has 1 unspecified atom stereocenters. The standard InChI is InChI=1S/C30H43N5O4/c1-20(2)35-28-8-6-5-7-22(28)15-27(30(35)38)29(37)31-23-16-24-9-10-25(17-23)34(24)19-26(39-4)18-32-11-13-33(14-12-32)21(3)36/h5-8,15,20,23-26H,9-14,16-19H2,1-4H3,(H,31,37)/t24-,25-,26?/m0/s1. The minimum atomic E-state index is -0.266. The monoisotopic (exact) mass is 537 g/mol. The number of nitrogens with zero attached hydrogens (tertiary/aromatic N) is 4. The predicted molar refractivity (Wildman–Crippen MR) is 152 cm³/mol. The Balaban J connectivity index is 1.21. The van der Waals surface area contributed by atoms with E-state index in [2.05, 4.69) is 15.1 Å². The van der Waals surface area contributed by atoms with Crippen LogP contribution >= 0.6 is 0 Å². The molecule has 3 fully saturated rings. The molecule has 3 atom stereocenters. The molecule has 9 heteroatoms. The number of hydrogen-bond donors (Lipinski definition) is 1. The van der Waals surface area contributed by atoms with Crippen molar-refractivity contribution in [2.75, 3.05) is 46.4 Å². The van der Waals surface area contributed by atoms with Crippen LogP contribution in [0.2, 0.25) is 0 Å². The summed E-state index contributed by atoms with van der Waals surface area (Å²) in [6.07, 6.45) is 4.14. The van der Waals surface area contributed by atoms with Crippen LogP contribution in [0, 0.1) is 0 Å². The number of ether oxygens (including phenoxy) is 1. The van der Waals surface area contributed by atoms with Gasteiger partial charge in [-0.15, -0.1) is 0 Å². The number of piperidine rings is 1. The van der Waals surface area contributed by atoms with Gasteiger partial charge >= 0.3 is 0 Å². The highest BCUT2D eigenvalue weighted by atomic mass is 16.5. The first-order chi connectivity index (χ1) is 18.7. The SMILES string of the molecule is COC(CN1CCN(C(C)=O)CC1)CN1[C@H]2CC[C@H]1CC(NC(=O)c1cc3ccccc3n(C(C)C)c1=O)C2. The van der Waals surface area contributed by atoms with Crippen LogP contribution in [-0.4, -0.2) is 102 Å². The van der Waals surface area contributed by atoms with Gasteiger partial charge in [-0.1, -0.05) is 18.2 Å². The molecule has 2 aromatic rings. The lowest BCUT2D eigenvalue weighted by molar-refractivity contribution is -0.130. The highest BCUT2D eigenvalue weighted by molar-refractivity contribution is 5.97. The number of methoxy groups -OCH3 is 1. The summed E-state index contributed by atoms with van der Waals surface area (Å²) in [5.74, 6) is -0.117. The van der Waals surface area contributed by atoms with E-state index in [0.29, 0.717) is 12.1 Å². The molecule has 1 aromatic carbocycles. The molecule has 0 radical (unpaired) electrons. The number of fused-ring (bicyclic) bond motifs is 3. The first-order valence-electron chi connectivity index (χ1n) is 14.5. The van der Waals surface area contributed by atoms with Gasteiger partial charge in [0.2, 0.25) is 5.91 Å². The van der Waals surface area contributed by atoms with E-state index in [1.165, 1.54) is 0 Å². The maximum atomic E-state index is 13.4. The first-order valence-corrected chi connectivity index (χ1v) is 14.5. The van der Waals surface area contributed by atoms with Gasteiger partial charge in [0.05, 0.1) is 11.6 Å². The second kappa shape index (κ2) is 11.8. The number of carbonyl (C=O) groups excluding carboxylic acids is 2. The molecule has 3 aliphatic rings. The van der Waals surface area contributed by atoms with E-state index in [4.69, 9.17) is 4.74 Å². The number of para-hydroxylation sites is 1. The lowest BCUT2D eigenvalue weighted by Crippen LogP contribution is -2.55. The minimum Gasteiger partial charge on any atom is -0.379 e. The third kappa shape index (κ3) is 5.90. The summed E-state index contributed by atoms with van der Waals surface area (Å²) in [6, 6.07) is 10.3. The Morgan fingerprint density at radius 2 is 1.69 bits per heavy atom. The Morgan fingerprint density at radius 1 is 1.03 bits per heavy atom. The van der Waals surface area contributed by atoms with Crippen LogP contribution in [0.3, 0.4) is 0 Å². The second-order valence-corrected chi connectivity index (χ2v) is 11.8. The molecule has 3 saturated heterocycles. The van der Waals surface area contributed by atoms with Gasteiger partial charge in [0.15, 0.2) is 0 Å². The van der Waals surface area contributed by atoms with Crippen LogP contribution < -0.4 is 10.9 Å². The van der Waals surface area contributed by atoms with Crippen LogP contribution in [-0.2, 0) is 9.53 Å². The summed E-state index contributed by atoms with van der Waals surface area (Å²) in [5.41, 5.74) is 0.851. The van der Waals surface area contributed by atoms with E-state index in [1.54, 1.807) is 24.7 Å². The third-order valence-electron chi connectivity index (χ3n) is 8.95. The number of benzene rings is 1. The largest absolute Gasteiger partial charge is 0.379 e. The Labute approximate surface area is 231 Å². The molecule has 3 aliphatic heterocycles. The lowest BCUT2D eigenvalue weighted by atomic mass is 9.96. The second-order valence-electron chi connectivity index (χ2n) is 11.8. The summed E-state index contributed by atoms with van der Waals surface area (Å²) in [5, 5.41) is 4.13. The van der Waals surface area contributed by atoms with Gasteiger partial charge in [0, 0.05) is 77.5 Å². The number of aromatic nitrogens is 1. The number of carbonyl (C=O) groups is 2. The van der Waals surface area contributed by atoms with Crippen LogP contribution in [0.1, 0.15) is 62.9 Å². The van der Waals surface area contributed by atoms with E-state index >= 15 is 0 Å². The molecule has 0 saturated carbocycles. The quantitative estimate of drug-likeness (QED) is 0.557. The maximum Gasteiger partial charge on any atom is 0.264 e. The van der Waals surface area contributed by atoms with Crippen LogP contribution in [0.15, 0.2) is 35.1 Å². The fourth-order valence-electron chi connectivity index (χ4n) is 6.89. The molecule has 5 rings (SSSR count). The zero-order valence-corrected chi connectivity index (χ0v) is 23.8. The van der Waals surface area contributed by atoms with Crippen molar-refractivity contribution in [2.45, 2.75) is 76.7 Å². The lowest BCUT2D eigenvalue weighted by Gasteiger charge is -2.42. The van der Waals surface area contributed by atoms with Crippen molar-refractivity contribution in [3.8, 4) is 0 Å². The molecule has 212 valence electrons. The predicted octanol–water partition coefficient (Wildman–Crippen LogP) is 2.49. The third-order valence-corrected chi connectivity index (χ3v) is 8.95. The Hall–Kier alpha value is -2.75. The van der Waals surface area contributed by atoms with Gasteiger partial charge in [-0.3, -0.25) is 24.2 Å². The van der Waals surface area contributed by atoms with Gasteiger partial charge in [0.25, 0.3) is 11.5 Å². The molecule has 0 aliphatic carbocycles. The number of nitrogens with one attached hydrogen (secondary N) is 1. The Kier molecular flexibility index (Phi) is 8.40. The topological polar surface area (TPSA) is 87.1 Å². The van der Waals surface area contributed by atoms with Crippen molar-refractivity contribution in [1.29, 1.82) is 0 Å². The molecular weight excluding hydrogens is 494 g/mol. The van der Waals surface area contributed by atoms with E-state index in [9.17, 15) is 14.4 Å². The van der Waals surface area contributed by atoms with Crippen LogP contribution in [0.4, 0.5) is 0 Å². The molecule has 39 heavy (non-hydrogen) atoms. The zero-order valence-electron chi connectivity index (χ0n) is 23.8. The van der Waals surface area contributed by atoms with E-state index < -0.39 is 0 Å². The Bertz CT molecular complexity index is 1240.